The van der Waals surface area contributed by atoms with E-state index in [0.29, 0.717) is 51.5 Å². The van der Waals surface area contributed by atoms with Crippen LogP contribution in [0.2, 0.25) is 0 Å². The van der Waals surface area contributed by atoms with Crippen molar-refractivity contribution >= 4 is 78.7 Å². The normalized spacial score (nSPS) is 23.0. The standard InChI is InChI=1S/C80H145N12O35P.C2H6/c1-51(97)88-67-73(110)70(107)57(47-94)125-78(67)121-43-40-118-37-34-84-63(103)26-24-61(101)82-31-18-14-21-55(76(113)87-33-16-11-9-7-5-6-8-10-12-23-60(100)81-30-17-13-20-54(46-93)50-124-128(115,116)117-4)92-77(114)56(91-66(106)29-28-65(105)86-36-39-120-42-45-123-80-69(90-53(3)99)75(112)72(109)59(49-96)127-80)22-15-19-32-83-62(102)25-27-64(104)85-35-38-119-41-44-122-79-68(89-52(2)98)74(111)71(108)58(48-95)126-79;1-2/h54-59,67-75,78-80,93-96,107-112H,5-50H2,1-4H3,(H,81,100)(H,82,101)(H,83,102)(H,84,103)(H,85,104)(H,86,105)(H,87,113)(H,88,97)(H,89,98)(H,90,99)(H,91,106)(H,92,114)(H,115,116);1-2H3/t54?,55-,56-,57?,58?,59?,67?,68?,69?,70?,71?,72?,73?,74?,75?,78?,79?,80?;/m0./s1. The molecule has 754 valence electrons. The molecule has 23 N–H and O–H groups in total. The summed E-state index contributed by atoms with van der Waals surface area (Å²) >= 11 is 0. The SMILES string of the molecule is CC.COP(=O)(O)OCC(CO)CCCCNC(=O)CCCCCCCCCCCNC(=O)[C@H](CCCCNC(=O)CCC(=O)NCCOCCOC1OC(CO)C(O)C(O)C1NC(C)=O)NC(=O)[C@H](CCCCNC(=O)CCC(=O)NCCOCCOC1OC(CO)C(O)C(O)C1NC(C)=O)NC(=O)CCC(=O)NCCOCCOC1OC(CO)C(O)C(O)C1NC(C)=O. The molecule has 0 saturated carbocycles. The van der Waals surface area contributed by atoms with Crippen molar-refractivity contribution in [2.75, 3.05) is 145 Å². The van der Waals surface area contributed by atoms with Crippen molar-refractivity contribution in [2.24, 2.45) is 5.92 Å². The van der Waals surface area contributed by atoms with Gasteiger partial charge in [-0.05, 0) is 64.2 Å². The van der Waals surface area contributed by atoms with Gasteiger partial charge in [0.1, 0.15) is 85.1 Å². The van der Waals surface area contributed by atoms with E-state index in [4.69, 9.17) is 47.2 Å². The number of carbonyl (C=O) groups is 12. The van der Waals surface area contributed by atoms with Crippen LogP contribution in [0.5, 0.6) is 0 Å². The Kier molecular flexibility index (Phi) is 65.5. The number of phosphoric acid groups is 1. The minimum absolute atomic E-state index is 0.00555. The molecule has 3 heterocycles. The van der Waals surface area contributed by atoms with E-state index < -0.39 is 197 Å². The fraction of sp³-hybridized carbons (Fsp3) is 0.854. The number of ether oxygens (including phenoxy) is 9. The third-order valence-electron chi connectivity index (χ3n) is 20.7. The van der Waals surface area contributed by atoms with Gasteiger partial charge in [0, 0.05) is 131 Å². The van der Waals surface area contributed by atoms with E-state index in [1.54, 1.807) is 0 Å². The van der Waals surface area contributed by atoms with Crippen LogP contribution in [0, 0.1) is 5.92 Å². The highest BCUT2D eigenvalue weighted by Gasteiger charge is 2.48. The number of hydrogen-bond acceptors (Lipinski definition) is 34. The summed E-state index contributed by atoms with van der Waals surface area (Å²) in [6, 6.07) is -5.87. The van der Waals surface area contributed by atoms with E-state index in [2.05, 4.69) is 68.3 Å². The summed E-state index contributed by atoms with van der Waals surface area (Å²) in [4.78, 5) is 164. The molecule has 0 spiro atoms. The van der Waals surface area contributed by atoms with Crippen LogP contribution in [-0.2, 0) is 114 Å². The van der Waals surface area contributed by atoms with Gasteiger partial charge in [0.15, 0.2) is 18.9 Å². The number of amides is 12. The van der Waals surface area contributed by atoms with E-state index in [1.165, 1.54) is 20.8 Å². The number of aliphatic hydroxyl groups excluding tert-OH is 10. The zero-order valence-electron chi connectivity index (χ0n) is 76.1. The van der Waals surface area contributed by atoms with Gasteiger partial charge in [-0.25, -0.2) is 4.57 Å². The van der Waals surface area contributed by atoms with Crippen LogP contribution in [0.1, 0.15) is 195 Å². The summed E-state index contributed by atoms with van der Waals surface area (Å²) < 4.78 is 70.8. The number of hydrogen-bond donors (Lipinski definition) is 23. The monoisotopic (exact) mass is 1900 g/mol. The smallest absolute Gasteiger partial charge is 0.396 e. The largest absolute Gasteiger partial charge is 0.471 e. The molecule has 17 unspecified atom stereocenters. The molecule has 0 aliphatic carbocycles. The molecule has 3 aliphatic rings. The van der Waals surface area contributed by atoms with Crippen molar-refractivity contribution in [3.63, 3.8) is 0 Å². The van der Waals surface area contributed by atoms with Crippen LogP contribution in [0.15, 0.2) is 0 Å². The van der Waals surface area contributed by atoms with Crippen LogP contribution in [0.3, 0.4) is 0 Å². The Morgan fingerprint density at radius 1 is 0.346 bits per heavy atom. The lowest BCUT2D eigenvalue weighted by atomic mass is 9.97. The summed E-state index contributed by atoms with van der Waals surface area (Å²) in [6.07, 6.45) is -6.54. The van der Waals surface area contributed by atoms with Crippen molar-refractivity contribution in [1.82, 2.24) is 63.8 Å². The van der Waals surface area contributed by atoms with Gasteiger partial charge in [-0.3, -0.25) is 66.6 Å². The molecule has 0 radical (unpaired) electrons. The number of phosphoric ester groups is 1. The molecule has 3 aliphatic heterocycles. The molecule has 12 amide bonds. The minimum Gasteiger partial charge on any atom is -0.396 e. The predicted molar refractivity (Wildman–Crippen MR) is 461 cm³/mol. The zero-order valence-corrected chi connectivity index (χ0v) is 77.0. The fourth-order valence-electron chi connectivity index (χ4n) is 13.5. The van der Waals surface area contributed by atoms with Gasteiger partial charge < -0.3 is 162 Å². The molecule has 0 aromatic carbocycles. The third kappa shape index (κ3) is 52.6. The average molecular weight is 1900 g/mol. The maximum atomic E-state index is 14.5. The van der Waals surface area contributed by atoms with E-state index in [-0.39, 0.29) is 188 Å². The summed E-state index contributed by atoms with van der Waals surface area (Å²) in [5.74, 6) is -6.30. The summed E-state index contributed by atoms with van der Waals surface area (Å²) in [6.45, 7) is 6.09. The lowest BCUT2D eigenvalue weighted by Crippen LogP contribution is -2.64. The maximum absolute atomic E-state index is 14.5. The highest BCUT2D eigenvalue weighted by Crippen LogP contribution is 2.42. The van der Waals surface area contributed by atoms with Crippen LogP contribution >= 0.6 is 7.82 Å². The second-order valence-electron chi connectivity index (χ2n) is 31.2. The Morgan fingerprint density at radius 2 is 0.646 bits per heavy atom. The molecule has 3 fully saturated rings. The molecule has 0 aromatic heterocycles. The summed E-state index contributed by atoms with van der Waals surface area (Å²) in [5.41, 5.74) is 0. The number of rotatable bonds is 72. The quantitative estimate of drug-likeness (QED) is 0.0200. The molecular weight excluding hydrogens is 1740 g/mol. The van der Waals surface area contributed by atoms with Crippen LogP contribution < -0.4 is 63.8 Å². The summed E-state index contributed by atoms with van der Waals surface area (Å²) in [5, 5.41) is 133. The fourth-order valence-corrected chi connectivity index (χ4v) is 14.0. The Labute approximate surface area is 759 Å². The molecule has 47 nitrogen and oxygen atoms in total. The van der Waals surface area contributed by atoms with Crippen molar-refractivity contribution in [1.29, 1.82) is 0 Å². The number of aliphatic hydroxyl groups is 10. The van der Waals surface area contributed by atoms with E-state index in [0.717, 1.165) is 58.5 Å². The van der Waals surface area contributed by atoms with Gasteiger partial charge in [0.2, 0.25) is 70.9 Å². The Bertz CT molecular complexity index is 3260. The molecule has 3 rings (SSSR count). The minimum atomic E-state index is -4.14. The van der Waals surface area contributed by atoms with E-state index in [1.807, 2.05) is 13.8 Å². The number of unbranched alkanes of at least 4 members (excludes halogenated alkanes) is 11. The average Bonchev–Trinajstić information content (AvgIpc) is 0.817. The Balaban J connectivity index is 0.0000284. The molecule has 19 atom stereocenters. The lowest BCUT2D eigenvalue weighted by molar-refractivity contribution is -0.272. The van der Waals surface area contributed by atoms with Crippen molar-refractivity contribution in [3.05, 3.63) is 0 Å². The second kappa shape index (κ2) is 71.5. The first-order valence-electron chi connectivity index (χ1n) is 45.2. The zero-order chi connectivity index (χ0) is 96.6. The third-order valence-corrected chi connectivity index (χ3v) is 21.6. The molecule has 130 heavy (non-hydrogen) atoms. The lowest BCUT2D eigenvalue weighted by Gasteiger charge is -2.42. The van der Waals surface area contributed by atoms with Crippen molar-refractivity contribution < 1.29 is 170 Å². The maximum Gasteiger partial charge on any atom is 0.471 e. The van der Waals surface area contributed by atoms with Crippen molar-refractivity contribution in [2.45, 2.75) is 299 Å². The van der Waals surface area contributed by atoms with Gasteiger partial charge in [-0.1, -0.05) is 65.2 Å². The Hall–Kier alpha value is -7.01. The first kappa shape index (κ1) is 119. The van der Waals surface area contributed by atoms with Crippen LogP contribution in [0.25, 0.3) is 0 Å². The number of carbonyl (C=O) groups excluding carboxylic acids is 12. The van der Waals surface area contributed by atoms with Crippen LogP contribution in [-0.4, -0.2) is 376 Å². The van der Waals surface area contributed by atoms with Gasteiger partial charge >= 0.3 is 7.82 Å². The second-order valence-corrected chi connectivity index (χ2v) is 32.8. The first-order chi connectivity index (χ1) is 62.3. The predicted octanol–water partition coefficient (Wildman–Crippen LogP) is -5.15. The molecule has 48 heteroatoms. The molecule has 0 bridgehead atoms. The first-order valence-corrected chi connectivity index (χ1v) is 46.7. The topological polar surface area (TPSA) is 690 Å². The molecule has 3 saturated heterocycles. The molecular formula is C82H151N12O35P. The van der Waals surface area contributed by atoms with E-state index in [9.17, 15) is 118 Å². The van der Waals surface area contributed by atoms with Gasteiger partial charge in [0.05, 0.1) is 85.9 Å². The summed E-state index contributed by atoms with van der Waals surface area (Å²) in [7, 11) is -3.09. The van der Waals surface area contributed by atoms with Crippen LogP contribution in [0.4, 0.5) is 0 Å². The van der Waals surface area contributed by atoms with Crippen molar-refractivity contribution in [3.8, 4) is 0 Å². The van der Waals surface area contributed by atoms with Gasteiger partial charge in [-0.15, -0.1) is 0 Å². The Morgan fingerprint density at radius 3 is 0.985 bits per heavy atom. The highest BCUT2D eigenvalue weighted by atomic mass is 31.2. The van der Waals surface area contributed by atoms with E-state index >= 15 is 0 Å². The number of nitrogens with one attached hydrogen (secondary N) is 12. The van der Waals surface area contributed by atoms with Gasteiger partial charge in [-0.2, -0.15) is 0 Å². The van der Waals surface area contributed by atoms with Gasteiger partial charge in [0.25, 0.3) is 0 Å². The highest BCUT2D eigenvalue weighted by molar-refractivity contribution is 7.47. The molecule has 0 aromatic rings.